The van der Waals surface area contributed by atoms with E-state index < -0.39 is 5.82 Å². The number of halogens is 2. The Morgan fingerprint density at radius 1 is 1.21 bits per heavy atom. The first-order valence-corrected chi connectivity index (χ1v) is 6.21. The van der Waals surface area contributed by atoms with Gasteiger partial charge in [0.25, 0.3) is 0 Å². The molecule has 0 bridgehead atoms. The Bertz CT molecular complexity index is 569. The number of nitrogens with two attached hydrogens (primary N) is 1. The van der Waals surface area contributed by atoms with Crippen LogP contribution in [-0.2, 0) is 0 Å². The van der Waals surface area contributed by atoms with Crippen LogP contribution in [-0.4, -0.2) is 6.61 Å². The Hall–Kier alpha value is -1.94. The summed E-state index contributed by atoms with van der Waals surface area (Å²) in [4.78, 5) is 0. The van der Waals surface area contributed by atoms with Gasteiger partial charge in [0.2, 0.25) is 0 Å². The van der Waals surface area contributed by atoms with E-state index in [0.717, 1.165) is 5.69 Å². The molecule has 0 saturated heterocycles. The van der Waals surface area contributed by atoms with Gasteiger partial charge in [-0.25, -0.2) is 4.39 Å². The molecule has 0 aliphatic rings. The van der Waals surface area contributed by atoms with Crippen molar-refractivity contribution >= 4 is 28.7 Å². The third-order valence-corrected chi connectivity index (χ3v) is 2.68. The van der Waals surface area contributed by atoms with Crippen LogP contribution in [0, 0.1) is 5.82 Å². The summed E-state index contributed by atoms with van der Waals surface area (Å²) in [5.74, 6) is 0.200. The highest BCUT2D eigenvalue weighted by Crippen LogP contribution is 2.28. The number of hydrogen-bond donors (Lipinski definition) is 2. The van der Waals surface area contributed by atoms with Crippen LogP contribution < -0.4 is 15.8 Å². The molecule has 0 atom stereocenters. The van der Waals surface area contributed by atoms with Crippen LogP contribution in [0.3, 0.4) is 0 Å². The van der Waals surface area contributed by atoms with Gasteiger partial charge in [-0.2, -0.15) is 0 Å². The van der Waals surface area contributed by atoms with E-state index in [0.29, 0.717) is 28.8 Å². The maximum absolute atomic E-state index is 13.2. The molecule has 5 heteroatoms. The number of anilines is 3. The Balaban J connectivity index is 2.25. The zero-order chi connectivity index (χ0) is 13.8. The average molecular weight is 281 g/mol. The van der Waals surface area contributed by atoms with E-state index in [2.05, 4.69) is 5.32 Å². The molecule has 0 saturated carbocycles. The van der Waals surface area contributed by atoms with Gasteiger partial charge < -0.3 is 15.8 Å². The molecule has 2 rings (SSSR count). The van der Waals surface area contributed by atoms with Gasteiger partial charge >= 0.3 is 0 Å². The van der Waals surface area contributed by atoms with Crippen molar-refractivity contribution < 1.29 is 9.13 Å². The Kier molecular flexibility index (Phi) is 4.12. The number of nitrogen functional groups attached to an aromatic ring is 1. The molecule has 0 aliphatic carbocycles. The lowest BCUT2D eigenvalue weighted by molar-refractivity contribution is 0.342. The minimum Gasteiger partial charge on any atom is -0.492 e. The second-order valence-corrected chi connectivity index (χ2v) is 4.41. The van der Waals surface area contributed by atoms with Gasteiger partial charge in [0.05, 0.1) is 12.3 Å². The third kappa shape index (κ3) is 3.51. The zero-order valence-corrected chi connectivity index (χ0v) is 11.2. The lowest BCUT2D eigenvalue weighted by Gasteiger charge is -2.11. The van der Waals surface area contributed by atoms with E-state index in [9.17, 15) is 4.39 Å². The fraction of sp³-hybridized carbons (Fsp3) is 0.143. The van der Waals surface area contributed by atoms with Crippen molar-refractivity contribution in [1.29, 1.82) is 0 Å². The van der Waals surface area contributed by atoms with E-state index in [1.54, 1.807) is 24.3 Å². The molecule has 0 amide bonds. The summed E-state index contributed by atoms with van der Waals surface area (Å²) in [6, 6.07) is 9.54. The van der Waals surface area contributed by atoms with Crippen LogP contribution in [0.1, 0.15) is 6.92 Å². The molecule has 2 aromatic carbocycles. The standard InChI is InChI=1S/C14H14ClFN2O/c1-2-19-14-8-11(3-4-13(14)17)18-12-6-9(15)5-10(16)7-12/h3-8,18H,2,17H2,1H3. The quantitative estimate of drug-likeness (QED) is 0.825. The normalized spacial score (nSPS) is 10.3. The van der Waals surface area contributed by atoms with Gasteiger partial charge in [-0.3, -0.25) is 0 Å². The molecular formula is C14H14ClFN2O. The maximum atomic E-state index is 13.2. The summed E-state index contributed by atoms with van der Waals surface area (Å²) in [7, 11) is 0. The second kappa shape index (κ2) is 5.80. The van der Waals surface area contributed by atoms with Crippen LogP contribution in [0.4, 0.5) is 21.5 Å². The maximum Gasteiger partial charge on any atom is 0.144 e. The van der Waals surface area contributed by atoms with Gasteiger partial charge in [0.15, 0.2) is 0 Å². The molecule has 0 aliphatic heterocycles. The van der Waals surface area contributed by atoms with Gasteiger partial charge in [0, 0.05) is 22.5 Å². The largest absolute Gasteiger partial charge is 0.492 e. The number of benzene rings is 2. The summed E-state index contributed by atoms with van der Waals surface area (Å²) in [5.41, 5.74) is 7.66. The molecular weight excluding hydrogens is 267 g/mol. The molecule has 3 N–H and O–H groups in total. The Morgan fingerprint density at radius 2 is 2.00 bits per heavy atom. The molecule has 0 spiro atoms. The second-order valence-electron chi connectivity index (χ2n) is 3.97. The SMILES string of the molecule is CCOc1cc(Nc2cc(F)cc(Cl)c2)ccc1N. The highest BCUT2D eigenvalue weighted by Gasteiger charge is 2.04. The van der Waals surface area contributed by atoms with Crippen molar-refractivity contribution in [3.63, 3.8) is 0 Å². The van der Waals surface area contributed by atoms with Crippen LogP contribution >= 0.6 is 11.6 Å². The van der Waals surface area contributed by atoms with Crippen molar-refractivity contribution in [3.8, 4) is 5.75 Å². The molecule has 2 aromatic rings. The molecule has 0 heterocycles. The molecule has 0 unspecified atom stereocenters. The lowest BCUT2D eigenvalue weighted by atomic mass is 10.2. The predicted octanol–water partition coefficient (Wildman–Crippen LogP) is 4.20. The molecule has 0 aromatic heterocycles. The van der Waals surface area contributed by atoms with Gasteiger partial charge in [-0.05, 0) is 37.3 Å². The van der Waals surface area contributed by atoms with E-state index in [1.165, 1.54) is 12.1 Å². The first kappa shape index (κ1) is 13.5. The van der Waals surface area contributed by atoms with Gasteiger partial charge in [-0.15, -0.1) is 0 Å². The summed E-state index contributed by atoms with van der Waals surface area (Å²) < 4.78 is 18.6. The topological polar surface area (TPSA) is 47.3 Å². The number of ether oxygens (including phenoxy) is 1. The fourth-order valence-electron chi connectivity index (χ4n) is 1.69. The van der Waals surface area contributed by atoms with Crippen LogP contribution in [0.15, 0.2) is 36.4 Å². The smallest absolute Gasteiger partial charge is 0.144 e. The predicted molar refractivity (Wildman–Crippen MR) is 76.7 cm³/mol. The number of rotatable bonds is 4. The first-order valence-electron chi connectivity index (χ1n) is 5.84. The minimum atomic E-state index is -0.393. The van der Waals surface area contributed by atoms with Crippen LogP contribution in [0.2, 0.25) is 5.02 Å². The van der Waals surface area contributed by atoms with Gasteiger partial charge in [0.1, 0.15) is 11.6 Å². The fourth-order valence-corrected chi connectivity index (χ4v) is 1.91. The highest BCUT2D eigenvalue weighted by molar-refractivity contribution is 6.30. The van der Waals surface area contributed by atoms with Crippen LogP contribution in [0.5, 0.6) is 5.75 Å². The summed E-state index contributed by atoms with van der Waals surface area (Å²) >= 11 is 5.80. The molecule has 3 nitrogen and oxygen atoms in total. The molecule has 19 heavy (non-hydrogen) atoms. The number of nitrogens with one attached hydrogen (secondary N) is 1. The van der Waals surface area contributed by atoms with Crippen molar-refractivity contribution in [2.45, 2.75) is 6.92 Å². The lowest BCUT2D eigenvalue weighted by Crippen LogP contribution is -1.98. The van der Waals surface area contributed by atoms with Crippen molar-refractivity contribution in [3.05, 3.63) is 47.2 Å². The minimum absolute atomic E-state index is 0.336. The average Bonchev–Trinajstić information content (AvgIpc) is 2.32. The van der Waals surface area contributed by atoms with E-state index in [4.69, 9.17) is 22.1 Å². The Morgan fingerprint density at radius 3 is 2.68 bits per heavy atom. The monoisotopic (exact) mass is 280 g/mol. The Labute approximate surface area is 116 Å². The van der Waals surface area contributed by atoms with E-state index in [1.807, 2.05) is 6.92 Å². The van der Waals surface area contributed by atoms with Gasteiger partial charge in [-0.1, -0.05) is 11.6 Å². The highest BCUT2D eigenvalue weighted by atomic mass is 35.5. The zero-order valence-electron chi connectivity index (χ0n) is 10.4. The number of hydrogen-bond acceptors (Lipinski definition) is 3. The van der Waals surface area contributed by atoms with Crippen molar-refractivity contribution in [2.75, 3.05) is 17.7 Å². The summed E-state index contributed by atoms with van der Waals surface area (Å²) in [5, 5.41) is 3.39. The molecule has 100 valence electrons. The van der Waals surface area contributed by atoms with Crippen molar-refractivity contribution in [1.82, 2.24) is 0 Å². The summed E-state index contributed by atoms with van der Waals surface area (Å²) in [6.45, 7) is 2.41. The summed E-state index contributed by atoms with van der Waals surface area (Å²) in [6.07, 6.45) is 0. The molecule has 0 radical (unpaired) electrons. The molecule has 0 fully saturated rings. The first-order chi connectivity index (χ1) is 9.08. The van der Waals surface area contributed by atoms with E-state index >= 15 is 0 Å². The third-order valence-electron chi connectivity index (χ3n) is 2.46. The van der Waals surface area contributed by atoms with Crippen molar-refractivity contribution in [2.24, 2.45) is 0 Å². The van der Waals surface area contributed by atoms with Crippen LogP contribution in [0.25, 0.3) is 0 Å². The van der Waals surface area contributed by atoms with E-state index in [-0.39, 0.29) is 0 Å².